The number of aryl methyl sites for hydroxylation is 1. The Balaban J connectivity index is 2.30. The first kappa shape index (κ1) is 13.6. The Morgan fingerprint density at radius 3 is 2.53 bits per heavy atom. The van der Waals surface area contributed by atoms with E-state index in [1.54, 1.807) is 0 Å². The maximum absolute atomic E-state index is 11.6. The Morgan fingerprint density at radius 2 is 1.94 bits per heavy atom. The van der Waals surface area contributed by atoms with Gasteiger partial charge < -0.3 is 10.1 Å². The van der Waals surface area contributed by atoms with Crippen molar-refractivity contribution in [3.63, 3.8) is 0 Å². The Labute approximate surface area is 103 Å². The Hall–Kier alpha value is -1.51. The second-order valence-corrected chi connectivity index (χ2v) is 5.12. The molecule has 0 aliphatic heterocycles. The predicted molar refractivity (Wildman–Crippen MR) is 69.1 cm³/mol. The highest BCUT2D eigenvalue weighted by molar-refractivity contribution is 5.81. The number of ether oxygens (including phenoxy) is 1. The molecule has 0 heterocycles. The van der Waals surface area contributed by atoms with Gasteiger partial charge in [0.1, 0.15) is 12.4 Å². The van der Waals surface area contributed by atoms with Crippen LogP contribution in [0.1, 0.15) is 26.3 Å². The molecule has 0 radical (unpaired) electrons. The molecule has 0 aliphatic rings. The second-order valence-electron chi connectivity index (χ2n) is 5.12. The Bertz CT molecular complexity index is 380. The third-order valence-corrected chi connectivity index (χ3v) is 2.42. The van der Waals surface area contributed by atoms with Gasteiger partial charge in [-0.25, -0.2) is 0 Å². The lowest BCUT2D eigenvalue weighted by molar-refractivity contribution is -0.128. The number of benzene rings is 1. The molecule has 3 nitrogen and oxygen atoms in total. The summed E-state index contributed by atoms with van der Waals surface area (Å²) in [6, 6.07) is 7.85. The van der Waals surface area contributed by atoms with Crippen LogP contribution in [0, 0.1) is 12.3 Å². The number of rotatable bonds is 4. The molecule has 0 spiro atoms. The van der Waals surface area contributed by atoms with Crippen molar-refractivity contribution in [1.29, 1.82) is 0 Å². The number of para-hydroxylation sites is 1. The molecule has 0 unspecified atom stereocenters. The van der Waals surface area contributed by atoms with Gasteiger partial charge in [-0.2, -0.15) is 0 Å². The van der Waals surface area contributed by atoms with Gasteiger partial charge in [-0.1, -0.05) is 39.0 Å². The normalized spacial score (nSPS) is 11.1. The van der Waals surface area contributed by atoms with Crippen molar-refractivity contribution in [2.24, 2.45) is 5.41 Å². The molecule has 94 valence electrons. The molecule has 0 fully saturated rings. The molecular weight excluding hydrogens is 214 g/mol. The topological polar surface area (TPSA) is 38.3 Å². The summed E-state index contributed by atoms with van der Waals surface area (Å²) in [5.41, 5.74) is 0.762. The molecule has 0 aliphatic carbocycles. The number of hydrogen-bond acceptors (Lipinski definition) is 2. The van der Waals surface area contributed by atoms with Crippen LogP contribution in [0.5, 0.6) is 5.75 Å². The van der Waals surface area contributed by atoms with E-state index in [1.165, 1.54) is 0 Å². The molecule has 1 amide bonds. The second kappa shape index (κ2) is 5.71. The Kier molecular flexibility index (Phi) is 4.55. The summed E-state index contributed by atoms with van der Waals surface area (Å²) in [6.45, 7) is 8.71. The van der Waals surface area contributed by atoms with Gasteiger partial charge in [0.05, 0.1) is 6.54 Å². The lowest BCUT2D eigenvalue weighted by Gasteiger charge is -2.17. The van der Waals surface area contributed by atoms with Crippen LogP contribution in [0.4, 0.5) is 0 Å². The fourth-order valence-electron chi connectivity index (χ4n) is 1.31. The zero-order valence-corrected chi connectivity index (χ0v) is 11.0. The monoisotopic (exact) mass is 235 g/mol. The fourth-order valence-corrected chi connectivity index (χ4v) is 1.31. The fraction of sp³-hybridized carbons (Fsp3) is 0.500. The molecule has 0 bridgehead atoms. The lowest BCUT2D eigenvalue weighted by Crippen LogP contribution is -2.37. The minimum atomic E-state index is -0.345. The molecule has 0 atom stereocenters. The van der Waals surface area contributed by atoms with Gasteiger partial charge in [0, 0.05) is 5.41 Å². The van der Waals surface area contributed by atoms with Crippen molar-refractivity contribution in [3.05, 3.63) is 29.8 Å². The Morgan fingerprint density at radius 1 is 1.29 bits per heavy atom. The smallest absolute Gasteiger partial charge is 0.225 e. The first-order chi connectivity index (χ1) is 7.91. The third kappa shape index (κ3) is 4.47. The molecule has 1 aromatic rings. The minimum absolute atomic E-state index is 0.0471. The zero-order chi connectivity index (χ0) is 12.9. The highest BCUT2D eigenvalue weighted by Crippen LogP contribution is 2.16. The van der Waals surface area contributed by atoms with E-state index >= 15 is 0 Å². The van der Waals surface area contributed by atoms with Gasteiger partial charge in [0.2, 0.25) is 5.91 Å². The van der Waals surface area contributed by atoms with Crippen LogP contribution in [0.2, 0.25) is 0 Å². The molecule has 3 heteroatoms. The molecule has 1 rings (SSSR count). The molecule has 0 saturated heterocycles. The molecule has 0 saturated carbocycles. The van der Waals surface area contributed by atoms with E-state index in [9.17, 15) is 4.79 Å². The summed E-state index contributed by atoms with van der Waals surface area (Å²) in [5, 5.41) is 2.85. The number of carbonyl (C=O) groups is 1. The van der Waals surface area contributed by atoms with Crippen molar-refractivity contribution in [2.75, 3.05) is 13.2 Å². The number of nitrogens with one attached hydrogen (secondary N) is 1. The molecule has 0 aromatic heterocycles. The van der Waals surface area contributed by atoms with Gasteiger partial charge >= 0.3 is 0 Å². The maximum atomic E-state index is 11.6. The molecule has 1 N–H and O–H groups in total. The van der Waals surface area contributed by atoms with Gasteiger partial charge in [-0.3, -0.25) is 4.79 Å². The van der Waals surface area contributed by atoms with E-state index in [2.05, 4.69) is 5.32 Å². The van der Waals surface area contributed by atoms with Crippen molar-refractivity contribution < 1.29 is 9.53 Å². The summed E-state index contributed by atoms with van der Waals surface area (Å²) in [4.78, 5) is 11.6. The number of carbonyl (C=O) groups excluding carboxylic acids is 1. The van der Waals surface area contributed by atoms with Crippen molar-refractivity contribution in [1.82, 2.24) is 5.32 Å². The molecule has 1 aromatic carbocycles. The average molecular weight is 235 g/mol. The van der Waals surface area contributed by atoms with E-state index in [0.717, 1.165) is 11.3 Å². The van der Waals surface area contributed by atoms with Gasteiger partial charge in [-0.05, 0) is 18.6 Å². The van der Waals surface area contributed by atoms with E-state index in [4.69, 9.17) is 4.74 Å². The van der Waals surface area contributed by atoms with Gasteiger partial charge in [0.15, 0.2) is 0 Å². The highest BCUT2D eigenvalue weighted by Gasteiger charge is 2.20. The zero-order valence-electron chi connectivity index (χ0n) is 11.0. The largest absolute Gasteiger partial charge is 0.491 e. The van der Waals surface area contributed by atoms with Crippen LogP contribution >= 0.6 is 0 Å². The number of hydrogen-bond donors (Lipinski definition) is 1. The van der Waals surface area contributed by atoms with Crippen LogP contribution in [-0.2, 0) is 4.79 Å². The van der Waals surface area contributed by atoms with Crippen LogP contribution in [0.25, 0.3) is 0 Å². The van der Waals surface area contributed by atoms with Crippen LogP contribution in [-0.4, -0.2) is 19.1 Å². The molecular formula is C14H21NO2. The van der Waals surface area contributed by atoms with E-state index in [1.807, 2.05) is 52.0 Å². The van der Waals surface area contributed by atoms with E-state index in [-0.39, 0.29) is 11.3 Å². The summed E-state index contributed by atoms with van der Waals surface area (Å²) in [6.07, 6.45) is 0. The average Bonchev–Trinajstić information content (AvgIpc) is 2.25. The van der Waals surface area contributed by atoms with Gasteiger partial charge in [-0.15, -0.1) is 0 Å². The standard InChI is InChI=1S/C14H21NO2/c1-11-7-5-6-8-12(11)17-10-9-15-13(16)14(2,3)4/h5-8H,9-10H2,1-4H3,(H,15,16). The predicted octanol–water partition coefficient (Wildman–Crippen LogP) is 2.54. The van der Waals surface area contributed by atoms with E-state index < -0.39 is 0 Å². The van der Waals surface area contributed by atoms with Crippen molar-refractivity contribution >= 4 is 5.91 Å². The van der Waals surface area contributed by atoms with Crippen molar-refractivity contribution in [2.45, 2.75) is 27.7 Å². The number of amides is 1. The summed E-state index contributed by atoms with van der Waals surface area (Å²) in [5.74, 6) is 0.920. The first-order valence-electron chi connectivity index (χ1n) is 5.88. The lowest BCUT2D eigenvalue weighted by atomic mass is 9.96. The maximum Gasteiger partial charge on any atom is 0.225 e. The molecule has 17 heavy (non-hydrogen) atoms. The quantitative estimate of drug-likeness (QED) is 0.814. The van der Waals surface area contributed by atoms with Crippen LogP contribution in [0.3, 0.4) is 0 Å². The highest BCUT2D eigenvalue weighted by atomic mass is 16.5. The third-order valence-electron chi connectivity index (χ3n) is 2.42. The van der Waals surface area contributed by atoms with E-state index in [0.29, 0.717) is 13.2 Å². The SMILES string of the molecule is Cc1ccccc1OCCNC(=O)C(C)(C)C. The summed E-state index contributed by atoms with van der Waals surface area (Å²) >= 11 is 0. The van der Waals surface area contributed by atoms with Gasteiger partial charge in [0.25, 0.3) is 0 Å². The minimum Gasteiger partial charge on any atom is -0.491 e. The first-order valence-corrected chi connectivity index (χ1v) is 5.88. The summed E-state index contributed by atoms with van der Waals surface area (Å²) in [7, 11) is 0. The summed E-state index contributed by atoms with van der Waals surface area (Å²) < 4.78 is 5.59. The van der Waals surface area contributed by atoms with Crippen LogP contribution in [0.15, 0.2) is 24.3 Å². The van der Waals surface area contributed by atoms with Crippen molar-refractivity contribution in [3.8, 4) is 5.75 Å². The van der Waals surface area contributed by atoms with Crippen LogP contribution < -0.4 is 10.1 Å².